The minimum absolute atomic E-state index is 0.0411. The first kappa shape index (κ1) is 13.6. The molecule has 1 aliphatic carbocycles. The predicted molar refractivity (Wildman–Crippen MR) is 66.5 cm³/mol. The second-order valence-electron chi connectivity index (χ2n) is 4.69. The molecule has 0 amide bonds. The highest BCUT2D eigenvalue weighted by atomic mass is 32.1. The standard InChI is InChI=1S/C13H15F3OS/c14-11-5-9(6-12(15)13(11)16)17-7-8-1-3-10(18)4-2-8/h5-6,8,10,18H,1-4,7H2. The topological polar surface area (TPSA) is 9.23 Å². The van der Waals surface area contributed by atoms with Gasteiger partial charge in [-0.3, -0.25) is 0 Å². The summed E-state index contributed by atoms with van der Waals surface area (Å²) in [5, 5.41) is 0.446. The lowest BCUT2D eigenvalue weighted by Crippen LogP contribution is -2.20. The van der Waals surface area contributed by atoms with Crippen LogP contribution in [0.3, 0.4) is 0 Å². The molecule has 0 heterocycles. The summed E-state index contributed by atoms with van der Waals surface area (Å²) >= 11 is 4.40. The summed E-state index contributed by atoms with van der Waals surface area (Å²) in [6.45, 7) is 0.408. The molecule has 1 aliphatic rings. The summed E-state index contributed by atoms with van der Waals surface area (Å²) in [6.07, 6.45) is 4.06. The van der Waals surface area contributed by atoms with Crippen molar-refractivity contribution in [2.75, 3.05) is 6.61 Å². The van der Waals surface area contributed by atoms with Crippen molar-refractivity contribution in [2.24, 2.45) is 5.92 Å². The van der Waals surface area contributed by atoms with E-state index in [0.29, 0.717) is 17.8 Å². The van der Waals surface area contributed by atoms with E-state index in [-0.39, 0.29) is 5.75 Å². The highest BCUT2D eigenvalue weighted by Gasteiger charge is 2.19. The van der Waals surface area contributed by atoms with Crippen molar-refractivity contribution in [3.63, 3.8) is 0 Å². The largest absolute Gasteiger partial charge is 0.493 e. The van der Waals surface area contributed by atoms with Gasteiger partial charge in [-0.05, 0) is 31.6 Å². The Hall–Kier alpha value is -0.840. The van der Waals surface area contributed by atoms with E-state index in [0.717, 1.165) is 37.8 Å². The summed E-state index contributed by atoms with van der Waals surface area (Å²) in [6, 6.07) is 1.76. The normalized spacial score (nSPS) is 24.0. The zero-order valence-corrected chi connectivity index (χ0v) is 10.7. The Morgan fingerprint density at radius 1 is 1.06 bits per heavy atom. The third-order valence-corrected chi connectivity index (χ3v) is 3.78. The number of hydrogen-bond donors (Lipinski definition) is 1. The van der Waals surface area contributed by atoms with Crippen LogP contribution in [0.15, 0.2) is 12.1 Å². The molecule has 18 heavy (non-hydrogen) atoms. The van der Waals surface area contributed by atoms with Gasteiger partial charge in [-0.1, -0.05) is 0 Å². The van der Waals surface area contributed by atoms with Crippen LogP contribution in [0.1, 0.15) is 25.7 Å². The third kappa shape index (κ3) is 3.34. The van der Waals surface area contributed by atoms with E-state index in [2.05, 4.69) is 12.6 Å². The average Bonchev–Trinajstić information content (AvgIpc) is 2.35. The highest BCUT2D eigenvalue weighted by molar-refractivity contribution is 7.80. The van der Waals surface area contributed by atoms with Gasteiger partial charge in [0.05, 0.1) is 6.61 Å². The summed E-state index contributed by atoms with van der Waals surface area (Å²) in [4.78, 5) is 0. The molecule has 100 valence electrons. The second-order valence-corrected chi connectivity index (χ2v) is 5.42. The maximum Gasteiger partial charge on any atom is 0.194 e. The Morgan fingerprint density at radius 2 is 1.61 bits per heavy atom. The van der Waals surface area contributed by atoms with Crippen LogP contribution in [0.2, 0.25) is 0 Å². The van der Waals surface area contributed by atoms with Gasteiger partial charge < -0.3 is 4.74 Å². The van der Waals surface area contributed by atoms with Gasteiger partial charge in [0.15, 0.2) is 17.5 Å². The van der Waals surface area contributed by atoms with Gasteiger partial charge in [-0.25, -0.2) is 13.2 Å². The maximum atomic E-state index is 13.0. The van der Waals surface area contributed by atoms with Crippen molar-refractivity contribution in [3.8, 4) is 5.75 Å². The zero-order valence-electron chi connectivity index (χ0n) is 9.83. The lowest BCUT2D eigenvalue weighted by molar-refractivity contribution is 0.209. The van der Waals surface area contributed by atoms with Gasteiger partial charge in [0.25, 0.3) is 0 Å². The smallest absolute Gasteiger partial charge is 0.194 e. The molecule has 0 N–H and O–H groups in total. The molecule has 1 nitrogen and oxygen atoms in total. The van der Waals surface area contributed by atoms with E-state index in [1.54, 1.807) is 0 Å². The predicted octanol–water partition coefficient (Wildman–Crippen LogP) is 3.97. The number of rotatable bonds is 3. The Kier molecular flexibility index (Phi) is 4.43. The Bertz CT molecular complexity index is 394. The van der Waals surface area contributed by atoms with Crippen molar-refractivity contribution in [2.45, 2.75) is 30.9 Å². The zero-order chi connectivity index (χ0) is 13.1. The fraction of sp³-hybridized carbons (Fsp3) is 0.538. The molecular weight excluding hydrogens is 261 g/mol. The monoisotopic (exact) mass is 276 g/mol. The van der Waals surface area contributed by atoms with E-state index < -0.39 is 17.5 Å². The van der Waals surface area contributed by atoms with Gasteiger partial charge >= 0.3 is 0 Å². The Morgan fingerprint density at radius 3 is 2.17 bits per heavy atom. The third-order valence-electron chi connectivity index (χ3n) is 3.26. The van der Waals surface area contributed by atoms with Crippen LogP contribution in [0.5, 0.6) is 5.75 Å². The molecule has 0 radical (unpaired) electrons. The summed E-state index contributed by atoms with van der Waals surface area (Å²) in [5.74, 6) is -3.48. The van der Waals surface area contributed by atoms with Gasteiger partial charge in [-0.15, -0.1) is 0 Å². The van der Waals surface area contributed by atoms with Crippen LogP contribution < -0.4 is 4.74 Å². The van der Waals surface area contributed by atoms with Gasteiger partial charge in [0, 0.05) is 17.4 Å². The highest BCUT2D eigenvalue weighted by Crippen LogP contribution is 2.28. The first-order valence-electron chi connectivity index (χ1n) is 6.01. The SMILES string of the molecule is Fc1cc(OCC2CCC(S)CC2)cc(F)c1F. The van der Waals surface area contributed by atoms with Crippen molar-refractivity contribution in [1.82, 2.24) is 0 Å². The molecule has 0 aliphatic heterocycles. The lowest BCUT2D eigenvalue weighted by Gasteiger charge is -2.25. The minimum atomic E-state index is -1.46. The molecule has 0 atom stereocenters. The molecule has 1 aromatic carbocycles. The Balaban J connectivity index is 1.90. The molecule has 0 bridgehead atoms. The van der Waals surface area contributed by atoms with Crippen LogP contribution >= 0.6 is 12.6 Å². The van der Waals surface area contributed by atoms with Crippen molar-refractivity contribution < 1.29 is 17.9 Å². The van der Waals surface area contributed by atoms with Gasteiger partial charge in [0.1, 0.15) is 5.75 Å². The second kappa shape index (κ2) is 5.87. The summed E-state index contributed by atoms with van der Waals surface area (Å²) in [5.41, 5.74) is 0. The number of halogens is 3. The van der Waals surface area contributed by atoms with E-state index in [4.69, 9.17) is 4.74 Å². The van der Waals surface area contributed by atoms with E-state index >= 15 is 0 Å². The van der Waals surface area contributed by atoms with Crippen molar-refractivity contribution >= 4 is 12.6 Å². The molecule has 0 spiro atoms. The summed E-state index contributed by atoms with van der Waals surface area (Å²) < 4.78 is 44.0. The summed E-state index contributed by atoms with van der Waals surface area (Å²) in [7, 11) is 0. The fourth-order valence-corrected chi connectivity index (χ4v) is 2.44. The number of ether oxygens (including phenoxy) is 1. The van der Waals surface area contributed by atoms with Crippen LogP contribution in [-0.2, 0) is 0 Å². The molecule has 2 rings (SSSR count). The van der Waals surface area contributed by atoms with Crippen LogP contribution in [0.25, 0.3) is 0 Å². The van der Waals surface area contributed by atoms with E-state index in [1.807, 2.05) is 0 Å². The molecular formula is C13H15F3OS. The van der Waals surface area contributed by atoms with Crippen LogP contribution in [-0.4, -0.2) is 11.9 Å². The fourth-order valence-electron chi connectivity index (χ4n) is 2.14. The van der Waals surface area contributed by atoms with Crippen molar-refractivity contribution in [3.05, 3.63) is 29.6 Å². The average molecular weight is 276 g/mol. The molecule has 0 saturated heterocycles. The quantitative estimate of drug-likeness (QED) is 0.649. The molecule has 0 unspecified atom stereocenters. The first-order valence-corrected chi connectivity index (χ1v) is 6.53. The van der Waals surface area contributed by atoms with Crippen molar-refractivity contribution in [1.29, 1.82) is 0 Å². The number of thiol groups is 1. The first-order chi connectivity index (χ1) is 8.56. The van der Waals surface area contributed by atoms with E-state index in [9.17, 15) is 13.2 Å². The van der Waals surface area contributed by atoms with Gasteiger partial charge in [0.2, 0.25) is 0 Å². The maximum absolute atomic E-state index is 13.0. The van der Waals surface area contributed by atoms with Crippen LogP contribution in [0, 0.1) is 23.4 Å². The molecule has 5 heteroatoms. The molecule has 0 aromatic heterocycles. The molecule has 1 saturated carbocycles. The minimum Gasteiger partial charge on any atom is -0.493 e. The van der Waals surface area contributed by atoms with E-state index in [1.165, 1.54) is 0 Å². The molecule has 1 fully saturated rings. The lowest BCUT2D eigenvalue weighted by atomic mass is 9.89. The van der Waals surface area contributed by atoms with Gasteiger partial charge in [-0.2, -0.15) is 12.6 Å². The van der Waals surface area contributed by atoms with Crippen LogP contribution in [0.4, 0.5) is 13.2 Å². The number of benzene rings is 1. The number of hydrogen-bond acceptors (Lipinski definition) is 2. The molecule has 1 aromatic rings. The Labute approximate surface area is 110 Å².